The Morgan fingerprint density at radius 3 is 3.11 bits per heavy atom. The minimum absolute atomic E-state index is 0.277. The summed E-state index contributed by atoms with van der Waals surface area (Å²) in [4.78, 5) is 14.1. The lowest BCUT2D eigenvalue weighted by molar-refractivity contribution is 0.0528. The van der Waals surface area contributed by atoms with Crippen LogP contribution in [0.4, 0.5) is 10.8 Å². The summed E-state index contributed by atoms with van der Waals surface area (Å²) >= 11 is 3.22. The summed E-state index contributed by atoms with van der Waals surface area (Å²) in [5, 5.41) is 1.40. The third-order valence-corrected chi connectivity index (χ3v) is 4.77. The molecule has 0 saturated carbocycles. The third-order valence-electron chi connectivity index (χ3n) is 2.71. The van der Waals surface area contributed by atoms with Crippen molar-refractivity contribution in [2.75, 3.05) is 36.1 Å². The number of thioether (sulfide) groups is 1. The number of rotatable bonds is 3. The second-order valence-corrected chi connectivity index (χ2v) is 6.39. The van der Waals surface area contributed by atoms with Crippen LogP contribution in [0.25, 0.3) is 0 Å². The van der Waals surface area contributed by atoms with E-state index in [4.69, 9.17) is 10.5 Å². The highest BCUT2D eigenvalue weighted by atomic mass is 32.2. The molecular formula is C11H17N3O2S2. The largest absolute Gasteiger partial charge is 0.462 e. The maximum Gasteiger partial charge on any atom is 0.345 e. The van der Waals surface area contributed by atoms with Crippen LogP contribution in [0.15, 0.2) is 0 Å². The molecular weight excluding hydrogens is 270 g/mol. The minimum Gasteiger partial charge on any atom is -0.462 e. The summed E-state index contributed by atoms with van der Waals surface area (Å²) in [6.07, 6.45) is 0. The van der Waals surface area contributed by atoms with E-state index in [9.17, 15) is 4.79 Å². The third kappa shape index (κ3) is 2.72. The average molecular weight is 287 g/mol. The molecule has 0 aromatic carbocycles. The molecule has 100 valence electrons. The van der Waals surface area contributed by atoms with Crippen LogP contribution < -0.4 is 10.6 Å². The van der Waals surface area contributed by atoms with Crippen LogP contribution in [0, 0.1) is 0 Å². The SMILES string of the molecule is CCOC(=O)c1c(N)nsc1N1CCSC(C)C1. The molecule has 0 radical (unpaired) electrons. The van der Waals surface area contributed by atoms with E-state index in [1.807, 2.05) is 11.8 Å². The van der Waals surface area contributed by atoms with Crippen LogP contribution in [0.1, 0.15) is 24.2 Å². The van der Waals surface area contributed by atoms with Crippen LogP contribution in [0.3, 0.4) is 0 Å². The molecule has 1 atom stereocenters. The van der Waals surface area contributed by atoms with Crippen molar-refractivity contribution in [2.24, 2.45) is 0 Å². The summed E-state index contributed by atoms with van der Waals surface area (Å²) < 4.78 is 9.13. The first-order valence-corrected chi connectivity index (χ1v) is 7.74. The fourth-order valence-corrected chi connectivity index (χ4v) is 3.76. The lowest BCUT2D eigenvalue weighted by atomic mass is 10.3. The van der Waals surface area contributed by atoms with Gasteiger partial charge in [0.2, 0.25) is 0 Å². The molecule has 1 aliphatic rings. The van der Waals surface area contributed by atoms with E-state index in [1.165, 1.54) is 11.5 Å². The molecule has 2 N–H and O–H groups in total. The smallest absolute Gasteiger partial charge is 0.345 e. The molecule has 1 fully saturated rings. The van der Waals surface area contributed by atoms with Gasteiger partial charge in [0.25, 0.3) is 0 Å². The number of carbonyl (C=O) groups is 1. The van der Waals surface area contributed by atoms with Crippen molar-refractivity contribution in [2.45, 2.75) is 19.1 Å². The first-order chi connectivity index (χ1) is 8.63. The number of aromatic nitrogens is 1. The van der Waals surface area contributed by atoms with Crippen molar-refractivity contribution in [3.8, 4) is 0 Å². The molecule has 0 bridgehead atoms. The molecule has 1 aliphatic heterocycles. The van der Waals surface area contributed by atoms with Crippen molar-refractivity contribution >= 4 is 40.1 Å². The number of nitrogen functional groups attached to an aromatic ring is 1. The second kappa shape index (κ2) is 5.79. The Hall–Kier alpha value is -0.950. The van der Waals surface area contributed by atoms with Gasteiger partial charge in [-0.2, -0.15) is 16.1 Å². The van der Waals surface area contributed by atoms with E-state index < -0.39 is 0 Å². The van der Waals surface area contributed by atoms with Gasteiger partial charge in [-0.3, -0.25) is 0 Å². The highest BCUT2D eigenvalue weighted by Crippen LogP contribution is 2.34. The van der Waals surface area contributed by atoms with Gasteiger partial charge < -0.3 is 15.4 Å². The van der Waals surface area contributed by atoms with Gasteiger partial charge in [-0.1, -0.05) is 6.92 Å². The van der Waals surface area contributed by atoms with E-state index in [0.717, 1.165) is 23.8 Å². The highest BCUT2D eigenvalue weighted by Gasteiger charge is 2.27. The van der Waals surface area contributed by atoms with Crippen LogP contribution in [-0.2, 0) is 4.74 Å². The second-order valence-electron chi connectivity index (χ2n) is 4.10. The van der Waals surface area contributed by atoms with Crippen molar-refractivity contribution in [3.63, 3.8) is 0 Å². The summed E-state index contributed by atoms with van der Waals surface area (Å²) in [5.74, 6) is 0.963. The van der Waals surface area contributed by atoms with Gasteiger partial charge in [0, 0.05) is 24.1 Å². The number of esters is 1. The maximum atomic E-state index is 11.9. The van der Waals surface area contributed by atoms with Gasteiger partial charge >= 0.3 is 5.97 Å². The van der Waals surface area contributed by atoms with Gasteiger partial charge in [-0.15, -0.1) is 0 Å². The number of nitrogens with zero attached hydrogens (tertiary/aromatic N) is 2. The summed E-state index contributed by atoms with van der Waals surface area (Å²) in [6, 6.07) is 0. The van der Waals surface area contributed by atoms with Crippen LogP contribution in [0.2, 0.25) is 0 Å². The van der Waals surface area contributed by atoms with Crippen molar-refractivity contribution in [1.82, 2.24) is 4.37 Å². The summed E-state index contributed by atoms with van der Waals surface area (Å²) in [7, 11) is 0. The highest BCUT2D eigenvalue weighted by molar-refractivity contribution is 8.00. The summed E-state index contributed by atoms with van der Waals surface area (Å²) in [5.41, 5.74) is 6.21. The normalized spacial score (nSPS) is 19.9. The molecule has 2 rings (SSSR count). The summed E-state index contributed by atoms with van der Waals surface area (Å²) in [6.45, 7) is 6.15. The molecule has 0 aliphatic carbocycles. The molecule has 1 unspecified atom stereocenters. The zero-order chi connectivity index (χ0) is 13.1. The predicted molar refractivity (Wildman–Crippen MR) is 76.6 cm³/mol. The number of nitrogens with two attached hydrogens (primary N) is 1. The average Bonchev–Trinajstić information content (AvgIpc) is 2.71. The molecule has 1 aromatic rings. The quantitative estimate of drug-likeness (QED) is 0.856. The van der Waals surface area contributed by atoms with Crippen molar-refractivity contribution in [1.29, 1.82) is 0 Å². The number of hydrogen-bond acceptors (Lipinski definition) is 7. The number of anilines is 2. The van der Waals surface area contributed by atoms with E-state index in [2.05, 4.69) is 16.2 Å². The molecule has 2 heterocycles. The molecule has 5 nitrogen and oxygen atoms in total. The van der Waals surface area contributed by atoms with E-state index >= 15 is 0 Å². The van der Waals surface area contributed by atoms with Gasteiger partial charge in [0.1, 0.15) is 10.6 Å². The predicted octanol–water partition coefficient (Wildman–Crippen LogP) is 1.84. The Kier molecular flexibility index (Phi) is 4.34. The van der Waals surface area contributed by atoms with Crippen LogP contribution in [-0.4, -0.2) is 41.0 Å². The van der Waals surface area contributed by atoms with E-state index in [0.29, 0.717) is 17.4 Å². The molecule has 0 amide bonds. The Balaban J connectivity index is 2.25. The molecule has 0 spiro atoms. The van der Waals surface area contributed by atoms with E-state index in [-0.39, 0.29) is 11.8 Å². The Labute approximate surface area is 115 Å². The lowest BCUT2D eigenvalue weighted by Gasteiger charge is -2.31. The van der Waals surface area contributed by atoms with Crippen LogP contribution >= 0.6 is 23.3 Å². The minimum atomic E-state index is -0.371. The Morgan fingerprint density at radius 1 is 1.67 bits per heavy atom. The first-order valence-electron chi connectivity index (χ1n) is 5.92. The monoisotopic (exact) mass is 287 g/mol. The van der Waals surface area contributed by atoms with Gasteiger partial charge in [0.15, 0.2) is 5.82 Å². The molecule has 1 saturated heterocycles. The van der Waals surface area contributed by atoms with Crippen LogP contribution in [0.5, 0.6) is 0 Å². The number of hydrogen-bond donors (Lipinski definition) is 1. The number of carbonyl (C=O) groups excluding carboxylic acids is 1. The number of ether oxygens (including phenoxy) is 1. The zero-order valence-corrected chi connectivity index (χ0v) is 12.1. The van der Waals surface area contributed by atoms with Crippen molar-refractivity contribution in [3.05, 3.63) is 5.56 Å². The first kappa shape index (κ1) is 13.5. The zero-order valence-electron chi connectivity index (χ0n) is 10.5. The Morgan fingerprint density at radius 2 is 2.44 bits per heavy atom. The fraction of sp³-hybridized carbons (Fsp3) is 0.636. The van der Waals surface area contributed by atoms with Crippen molar-refractivity contribution < 1.29 is 9.53 Å². The van der Waals surface area contributed by atoms with Gasteiger partial charge in [-0.05, 0) is 18.5 Å². The Bertz CT molecular complexity index is 436. The fourth-order valence-electron chi connectivity index (χ4n) is 1.91. The van der Waals surface area contributed by atoms with Gasteiger partial charge in [0.05, 0.1) is 6.61 Å². The lowest BCUT2D eigenvalue weighted by Crippen LogP contribution is -2.37. The molecule has 18 heavy (non-hydrogen) atoms. The molecule has 7 heteroatoms. The molecule has 1 aromatic heterocycles. The van der Waals surface area contributed by atoms with Gasteiger partial charge in [-0.25, -0.2) is 4.79 Å². The topological polar surface area (TPSA) is 68.5 Å². The van der Waals surface area contributed by atoms with E-state index in [1.54, 1.807) is 6.92 Å². The standard InChI is InChI=1S/C11H17N3O2S2/c1-3-16-11(15)8-9(12)13-18-10(8)14-4-5-17-7(2)6-14/h7H,3-6H2,1-2H3,(H2,12,13). The maximum absolute atomic E-state index is 11.9.